The number of benzene rings is 2. The number of carboxylic acid groups (broad SMARTS) is 1. The summed E-state index contributed by atoms with van der Waals surface area (Å²) in [5.74, 6) is -1.34. The van der Waals surface area contributed by atoms with Gasteiger partial charge in [0, 0.05) is 29.6 Å². The van der Waals surface area contributed by atoms with Crippen molar-refractivity contribution in [3.05, 3.63) is 62.6 Å². The SMILES string of the molecule is O=C(NN1CCCCC1)C1=NN(c2ccc(Cl)cc2Cl)C(c2ccc(C(=O)O)cc2Cl)C1. The van der Waals surface area contributed by atoms with Crippen LogP contribution < -0.4 is 10.4 Å². The van der Waals surface area contributed by atoms with Crippen molar-refractivity contribution in [2.45, 2.75) is 31.7 Å². The molecule has 168 valence electrons. The maximum Gasteiger partial charge on any atom is 0.335 e. The number of piperidine rings is 1. The van der Waals surface area contributed by atoms with Gasteiger partial charge in [0.15, 0.2) is 0 Å². The number of carbonyl (C=O) groups is 2. The highest BCUT2D eigenvalue weighted by molar-refractivity contribution is 6.40. The Morgan fingerprint density at radius 1 is 1.00 bits per heavy atom. The predicted molar refractivity (Wildman–Crippen MR) is 126 cm³/mol. The predicted octanol–water partition coefficient (Wildman–Crippen LogP) is 5.17. The first-order valence-corrected chi connectivity index (χ1v) is 11.4. The number of anilines is 1. The molecule has 0 radical (unpaired) electrons. The van der Waals surface area contributed by atoms with Crippen molar-refractivity contribution >= 4 is 58.1 Å². The molecule has 2 aromatic rings. The summed E-state index contributed by atoms with van der Waals surface area (Å²) in [6.45, 7) is 1.61. The molecule has 2 aliphatic rings. The molecule has 1 saturated heterocycles. The molecule has 1 amide bonds. The van der Waals surface area contributed by atoms with Crippen LogP contribution in [-0.2, 0) is 4.79 Å². The van der Waals surface area contributed by atoms with Gasteiger partial charge in [0.05, 0.1) is 22.3 Å². The molecule has 1 unspecified atom stereocenters. The van der Waals surface area contributed by atoms with Gasteiger partial charge < -0.3 is 5.11 Å². The lowest BCUT2D eigenvalue weighted by molar-refractivity contribution is -0.119. The molecule has 2 aliphatic heterocycles. The molecule has 0 bridgehead atoms. The maximum atomic E-state index is 13.0. The van der Waals surface area contributed by atoms with E-state index in [1.807, 2.05) is 5.01 Å². The van der Waals surface area contributed by atoms with Gasteiger partial charge in [-0.25, -0.2) is 9.80 Å². The fourth-order valence-corrected chi connectivity index (χ4v) is 4.72. The molecule has 2 heterocycles. The van der Waals surface area contributed by atoms with Gasteiger partial charge in [0.1, 0.15) is 5.71 Å². The Labute approximate surface area is 200 Å². The summed E-state index contributed by atoms with van der Waals surface area (Å²) in [4.78, 5) is 24.3. The molecule has 4 rings (SSSR count). The van der Waals surface area contributed by atoms with Gasteiger partial charge in [-0.3, -0.25) is 15.2 Å². The fourth-order valence-electron chi connectivity index (χ4n) is 3.92. The normalized spacial score (nSPS) is 19.0. The van der Waals surface area contributed by atoms with Crippen molar-refractivity contribution in [2.75, 3.05) is 18.1 Å². The van der Waals surface area contributed by atoms with Gasteiger partial charge in [-0.2, -0.15) is 5.10 Å². The van der Waals surface area contributed by atoms with Crippen molar-refractivity contribution in [3.63, 3.8) is 0 Å². The Bertz CT molecular complexity index is 1090. The number of nitrogens with zero attached hydrogens (tertiary/aromatic N) is 3. The second kappa shape index (κ2) is 9.67. The molecule has 10 heteroatoms. The minimum Gasteiger partial charge on any atom is -0.478 e. The lowest BCUT2D eigenvalue weighted by Crippen LogP contribution is -2.47. The van der Waals surface area contributed by atoms with Gasteiger partial charge in [-0.05, 0) is 48.7 Å². The molecule has 7 nitrogen and oxygen atoms in total. The van der Waals surface area contributed by atoms with Crippen LogP contribution in [0.25, 0.3) is 0 Å². The van der Waals surface area contributed by atoms with Crippen molar-refractivity contribution in [2.24, 2.45) is 5.10 Å². The van der Waals surface area contributed by atoms with E-state index in [2.05, 4.69) is 10.5 Å². The summed E-state index contributed by atoms with van der Waals surface area (Å²) in [5, 5.41) is 18.5. The number of hydrogen-bond acceptors (Lipinski definition) is 5. The van der Waals surface area contributed by atoms with E-state index >= 15 is 0 Å². The van der Waals surface area contributed by atoms with Gasteiger partial charge in [-0.15, -0.1) is 0 Å². The van der Waals surface area contributed by atoms with E-state index < -0.39 is 12.0 Å². The first-order valence-electron chi connectivity index (χ1n) is 10.2. The van der Waals surface area contributed by atoms with E-state index in [4.69, 9.17) is 34.8 Å². The summed E-state index contributed by atoms with van der Waals surface area (Å²) in [5.41, 5.74) is 4.57. The lowest BCUT2D eigenvalue weighted by atomic mass is 9.99. The standard InChI is InChI=1S/C22H21Cl3N4O3/c23-14-5-7-19(17(25)11-14)29-20(15-6-4-13(22(31)32)10-16(15)24)12-18(26-29)21(30)27-28-8-2-1-3-9-28/h4-7,10-11,20H,1-3,8-9,12H2,(H,27,30)(H,31,32). The quantitative estimate of drug-likeness (QED) is 0.598. The number of carbonyl (C=O) groups excluding carboxylic acids is 1. The average Bonchev–Trinajstić information content (AvgIpc) is 3.19. The number of aromatic carboxylic acids is 1. The molecule has 1 atom stereocenters. The highest BCUT2D eigenvalue weighted by atomic mass is 35.5. The summed E-state index contributed by atoms with van der Waals surface area (Å²) in [7, 11) is 0. The summed E-state index contributed by atoms with van der Waals surface area (Å²) < 4.78 is 0. The third kappa shape index (κ3) is 4.86. The first kappa shape index (κ1) is 22.9. The molecular weight excluding hydrogens is 475 g/mol. The van der Waals surface area contributed by atoms with Gasteiger partial charge >= 0.3 is 5.97 Å². The number of halogens is 3. The zero-order valence-electron chi connectivity index (χ0n) is 17.0. The average molecular weight is 496 g/mol. The van der Waals surface area contributed by atoms with Crippen molar-refractivity contribution in [1.29, 1.82) is 0 Å². The molecule has 2 aromatic carbocycles. The number of nitrogens with one attached hydrogen (secondary N) is 1. The van der Waals surface area contributed by atoms with Crippen LogP contribution in [0.5, 0.6) is 0 Å². The minimum atomic E-state index is -1.07. The van der Waals surface area contributed by atoms with E-state index in [9.17, 15) is 14.7 Å². The van der Waals surface area contributed by atoms with Crippen molar-refractivity contribution < 1.29 is 14.7 Å². The van der Waals surface area contributed by atoms with Crippen LogP contribution in [0.2, 0.25) is 15.1 Å². The van der Waals surface area contributed by atoms with Crippen LogP contribution in [-0.4, -0.2) is 40.8 Å². The van der Waals surface area contributed by atoms with Gasteiger partial charge in [0.25, 0.3) is 5.91 Å². The smallest absolute Gasteiger partial charge is 0.335 e. The zero-order valence-corrected chi connectivity index (χ0v) is 19.3. The lowest BCUT2D eigenvalue weighted by Gasteiger charge is -2.26. The number of amides is 1. The Hall–Kier alpha value is -2.32. The fraction of sp³-hybridized carbons (Fsp3) is 0.318. The Morgan fingerprint density at radius 2 is 1.75 bits per heavy atom. The molecule has 1 fully saturated rings. The highest BCUT2D eigenvalue weighted by Gasteiger charge is 2.35. The third-order valence-corrected chi connectivity index (χ3v) is 6.42. The van der Waals surface area contributed by atoms with Crippen LogP contribution in [0, 0.1) is 0 Å². The Kier molecular flexibility index (Phi) is 6.90. The van der Waals surface area contributed by atoms with Crippen LogP contribution in [0.3, 0.4) is 0 Å². The number of rotatable bonds is 5. The molecule has 32 heavy (non-hydrogen) atoms. The summed E-state index contributed by atoms with van der Waals surface area (Å²) in [6, 6.07) is 9.11. The third-order valence-electron chi connectivity index (χ3n) is 5.55. The molecule has 0 aliphatic carbocycles. The van der Waals surface area contributed by atoms with Gasteiger partial charge in [0.2, 0.25) is 0 Å². The van der Waals surface area contributed by atoms with Crippen LogP contribution in [0.1, 0.15) is 47.6 Å². The second-order valence-electron chi connectivity index (χ2n) is 7.74. The Morgan fingerprint density at radius 3 is 2.41 bits per heavy atom. The van der Waals surface area contributed by atoms with Crippen LogP contribution >= 0.6 is 34.8 Å². The first-order chi connectivity index (χ1) is 15.3. The van der Waals surface area contributed by atoms with Crippen molar-refractivity contribution in [1.82, 2.24) is 10.4 Å². The second-order valence-corrected chi connectivity index (χ2v) is 8.99. The van der Waals surface area contributed by atoms with E-state index in [1.54, 1.807) is 29.3 Å². The molecular formula is C22H21Cl3N4O3. The zero-order chi connectivity index (χ0) is 22.8. The largest absolute Gasteiger partial charge is 0.478 e. The maximum absolute atomic E-state index is 13.0. The summed E-state index contributed by atoms with van der Waals surface area (Å²) in [6.07, 6.45) is 3.51. The topological polar surface area (TPSA) is 85.2 Å². The molecule has 2 N–H and O–H groups in total. The number of hydrazine groups is 1. The van der Waals surface area contributed by atoms with Gasteiger partial charge in [-0.1, -0.05) is 47.3 Å². The van der Waals surface area contributed by atoms with E-state index in [0.29, 0.717) is 27.0 Å². The minimum absolute atomic E-state index is 0.0804. The van der Waals surface area contributed by atoms with E-state index in [1.165, 1.54) is 12.1 Å². The van der Waals surface area contributed by atoms with E-state index in [-0.39, 0.29) is 22.9 Å². The van der Waals surface area contributed by atoms with E-state index in [0.717, 1.165) is 32.4 Å². The summed E-state index contributed by atoms with van der Waals surface area (Å²) >= 11 is 18.9. The number of hydrogen-bond donors (Lipinski definition) is 2. The monoisotopic (exact) mass is 494 g/mol. The number of hydrazone groups is 1. The molecule has 0 aromatic heterocycles. The van der Waals surface area contributed by atoms with Crippen LogP contribution in [0.4, 0.5) is 5.69 Å². The number of carboxylic acids is 1. The molecule has 0 spiro atoms. The van der Waals surface area contributed by atoms with Crippen LogP contribution in [0.15, 0.2) is 41.5 Å². The molecule has 0 saturated carbocycles. The van der Waals surface area contributed by atoms with Crippen molar-refractivity contribution in [3.8, 4) is 0 Å². The Balaban J connectivity index is 1.67. The highest BCUT2D eigenvalue weighted by Crippen LogP contribution is 2.41.